The maximum absolute atomic E-state index is 11.2. The Kier molecular flexibility index (Phi) is 3.68. The van der Waals surface area contributed by atoms with Crippen molar-refractivity contribution in [2.24, 2.45) is 4.99 Å². The molecule has 2 amide bonds. The Balaban J connectivity index is 2.91. The van der Waals surface area contributed by atoms with Gasteiger partial charge in [0.2, 0.25) is 0 Å². The zero-order chi connectivity index (χ0) is 11.4. The standard InChI is InChI=1S/C8H11ClN4O2/c1-5(2)11-8(14)12-6-3-7(9)13(15)10-4-6/h3-5,15H,1-2H3,(H,11,14). The molecule has 0 saturated carbocycles. The monoisotopic (exact) mass is 230 g/mol. The second-order valence-electron chi connectivity index (χ2n) is 3.14. The summed E-state index contributed by atoms with van der Waals surface area (Å²) in [6, 6.07) is 0.865. The lowest BCUT2D eigenvalue weighted by Gasteiger charge is -2.03. The lowest BCUT2D eigenvalue weighted by atomic mass is 10.4. The topological polar surface area (TPSA) is 79.5 Å². The van der Waals surface area contributed by atoms with Gasteiger partial charge in [-0.25, -0.2) is 4.79 Å². The third-order valence-corrected chi connectivity index (χ3v) is 1.66. The molecule has 1 heterocycles. The van der Waals surface area contributed by atoms with Gasteiger partial charge in [0, 0.05) is 12.1 Å². The van der Waals surface area contributed by atoms with Gasteiger partial charge in [-0.05, 0) is 13.8 Å². The summed E-state index contributed by atoms with van der Waals surface area (Å²) in [5.41, 5.74) is 0. The number of rotatable bonds is 1. The first-order valence-electron chi connectivity index (χ1n) is 4.28. The molecule has 0 fully saturated rings. The van der Waals surface area contributed by atoms with Crippen LogP contribution in [0.2, 0.25) is 5.15 Å². The maximum Gasteiger partial charge on any atom is 0.341 e. The van der Waals surface area contributed by atoms with Crippen LogP contribution in [-0.4, -0.2) is 27.2 Å². The van der Waals surface area contributed by atoms with E-state index in [2.05, 4.69) is 15.4 Å². The van der Waals surface area contributed by atoms with Gasteiger partial charge in [-0.15, -0.1) is 5.10 Å². The smallest absolute Gasteiger partial charge is 0.341 e. The largest absolute Gasteiger partial charge is 0.411 e. The van der Waals surface area contributed by atoms with Crippen LogP contribution in [0, 0.1) is 0 Å². The molecule has 6 nitrogen and oxygen atoms in total. The molecule has 1 aromatic heterocycles. The summed E-state index contributed by atoms with van der Waals surface area (Å²) in [7, 11) is 0. The molecule has 0 aliphatic heterocycles. The second kappa shape index (κ2) is 4.79. The van der Waals surface area contributed by atoms with Crippen molar-refractivity contribution in [3.8, 4) is 0 Å². The van der Waals surface area contributed by atoms with E-state index in [-0.39, 0.29) is 16.6 Å². The zero-order valence-electron chi connectivity index (χ0n) is 8.31. The Hall–Kier alpha value is -1.56. The predicted octanol–water partition coefficient (Wildman–Crippen LogP) is 0.792. The van der Waals surface area contributed by atoms with Crippen molar-refractivity contribution < 1.29 is 10.0 Å². The molecule has 0 saturated heterocycles. The van der Waals surface area contributed by atoms with Crippen molar-refractivity contribution in [3.05, 3.63) is 22.8 Å². The number of hydrogen-bond acceptors (Lipinski definition) is 3. The van der Waals surface area contributed by atoms with E-state index < -0.39 is 6.03 Å². The predicted molar refractivity (Wildman–Crippen MR) is 53.7 cm³/mol. The van der Waals surface area contributed by atoms with Crippen LogP contribution in [0.25, 0.3) is 0 Å². The third kappa shape index (κ3) is 3.59. The molecular weight excluding hydrogens is 220 g/mol. The van der Waals surface area contributed by atoms with E-state index in [0.29, 0.717) is 4.85 Å². The number of amides is 2. The minimum atomic E-state index is -0.474. The van der Waals surface area contributed by atoms with Gasteiger partial charge >= 0.3 is 6.03 Å². The molecule has 0 aliphatic rings. The molecule has 7 heteroatoms. The van der Waals surface area contributed by atoms with Crippen LogP contribution < -0.4 is 10.7 Å². The SMILES string of the molecule is CC(C)NC(=O)N=c1cnn(O)c(Cl)c1. The highest BCUT2D eigenvalue weighted by Gasteiger charge is 2.00. The minimum Gasteiger partial charge on any atom is -0.411 e. The van der Waals surface area contributed by atoms with E-state index in [1.54, 1.807) is 0 Å². The Bertz CT molecular complexity index is 427. The number of nitrogens with one attached hydrogen (secondary N) is 1. The summed E-state index contributed by atoms with van der Waals surface area (Å²) in [5, 5.41) is 15.3. The van der Waals surface area contributed by atoms with Crippen LogP contribution in [0.5, 0.6) is 0 Å². The fraction of sp³-hybridized carbons (Fsp3) is 0.375. The van der Waals surface area contributed by atoms with Crippen LogP contribution in [0.15, 0.2) is 17.3 Å². The highest BCUT2D eigenvalue weighted by molar-refractivity contribution is 6.29. The molecule has 0 spiro atoms. The van der Waals surface area contributed by atoms with Crippen LogP contribution in [0.1, 0.15) is 13.8 Å². The first kappa shape index (κ1) is 11.5. The molecular formula is C8H11ClN4O2. The van der Waals surface area contributed by atoms with E-state index in [1.807, 2.05) is 13.8 Å². The lowest BCUT2D eigenvalue weighted by Crippen LogP contribution is -2.29. The van der Waals surface area contributed by atoms with Crippen molar-refractivity contribution in [1.29, 1.82) is 0 Å². The molecule has 1 rings (SSSR count). The van der Waals surface area contributed by atoms with Gasteiger partial charge in [-0.1, -0.05) is 16.4 Å². The molecule has 0 bridgehead atoms. The van der Waals surface area contributed by atoms with Gasteiger partial charge < -0.3 is 10.5 Å². The molecule has 0 aromatic carbocycles. The Morgan fingerprint density at radius 1 is 1.73 bits per heavy atom. The first-order chi connectivity index (χ1) is 6.99. The Labute approximate surface area is 91.2 Å². The van der Waals surface area contributed by atoms with E-state index >= 15 is 0 Å². The van der Waals surface area contributed by atoms with Gasteiger partial charge in [0.1, 0.15) is 0 Å². The molecule has 0 atom stereocenters. The number of nitrogens with zero attached hydrogens (tertiary/aromatic N) is 3. The van der Waals surface area contributed by atoms with E-state index in [0.717, 1.165) is 0 Å². The zero-order valence-corrected chi connectivity index (χ0v) is 9.06. The molecule has 1 aromatic rings. The summed E-state index contributed by atoms with van der Waals surface area (Å²) < 4.78 is 0. The summed E-state index contributed by atoms with van der Waals surface area (Å²) in [4.78, 5) is 15.4. The van der Waals surface area contributed by atoms with Crippen molar-refractivity contribution in [2.75, 3.05) is 0 Å². The van der Waals surface area contributed by atoms with Gasteiger partial charge in [0.15, 0.2) is 5.15 Å². The van der Waals surface area contributed by atoms with Gasteiger partial charge in [0.25, 0.3) is 0 Å². The van der Waals surface area contributed by atoms with E-state index in [9.17, 15) is 4.79 Å². The Morgan fingerprint density at radius 2 is 2.40 bits per heavy atom. The lowest BCUT2D eigenvalue weighted by molar-refractivity contribution is 0.144. The van der Waals surface area contributed by atoms with E-state index in [4.69, 9.17) is 16.8 Å². The van der Waals surface area contributed by atoms with Crippen LogP contribution >= 0.6 is 11.6 Å². The van der Waals surface area contributed by atoms with Gasteiger partial charge in [0.05, 0.1) is 11.6 Å². The van der Waals surface area contributed by atoms with E-state index in [1.165, 1.54) is 12.3 Å². The summed E-state index contributed by atoms with van der Waals surface area (Å²) in [5.74, 6) is 0. The molecule has 2 N–H and O–H groups in total. The number of carbonyl (C=O) groups is 1. The third-order valence-electron chi connectivity index (χ3n) is 1.40. The first-order valence-corrected chi connectivity index (χ1v) is 4.66. The number of aromatic nitrogens is 2. The molecule has 0 unspecified atom stereocenters. The maximum atomic E-state index is 11.2. The van der Waals surface area contributed by atoms with Crippen molar-refractivity contribution >= 4 is 17.6 Å². The number of carbonyl (C=O) groups excluding carboxylic acids is 1. The molecule has 15 heavy (non-hydrogen) atoms. The number of hydrogen-bond donors (Lipinski definition) is 2. The minimum absolute atomic E-state index is 0.0103. The number of halogens is 1. The highest BCUT2D eigenvalue weighted by Crippen LogP contribution is 1.98. The highest BCUT2D eigenvalue weighted by atomic mass is 35.5. The fourth-order valence-electron chi connectivity index (χ4n) is 0.844. The quantitative estimate of drug-likeness (QED) is 0.700. The summed E-state index contributed by atoms with van der Waals surface area (Å²) >= 11 is 5.56. The molecule has 0 radical (unpaired) electrons. The van der Waals surface area contributed by atoms with Crippen LogP contribution in [0.3, 0.4) is 0 Å². The molecule has 82 valence electrons. The van der Waals surface area contributed by atoms with Crippen LogP contribution in [-0.2, 0) is 0 Å². The molecule has 0 aliphatic carbocycles. The van der Waals surface area contributed by atoms with Crippen molar-refractivity contribution in [2.45, 2.75) is 19.9 Å². The Morgan fingerprint density at radius 3 is 2.93 bits per heavy atom. The van der Waals surface area contributed by atoms with Gasteiger partial charge in [-0.2, -0.15) is 4.99 Å². The normalized spacial score (nSPS) is 11.9. The van der Waals surface area contributed by atoms with Crippen molar-refractivity contribution in [3.63, 3.8) is 0 Å². The summed E-state index contributed by atoms with van der Waals surface area (Å²) in [6.07, 6.45) is 1.23. The van der Waals surface area contributed by atoms with Crippen molar-refractivity contribution in [1.82, 2.24) is 15.3 Å². The fourth-order valence-corrected chi connectivity index (χ4v) is 0.999. The second-order valence-corrected chi connectivity index (χ2v) is 3.53. The average molecular weight is 231 g/mol. The van der Waals surface area contributed by atoms with Gasteiger partial charge in [-0.3, -0.25) is 0 Å². The average Bonchev–Trinajstić information content (AvgIpc) is 2.10. The summed E-state index contributed by atoms with van der Waals surface area (Å²) in [6.45, 7) is 3.65. The van der Waals surface area contributed by atoms with Crippen LogP contribution in [0.4, 0.5) is 4.79 Å². The number of urea groups is 1.